The molecule has 0 heterocycles. The van der Waals surface area contributed by atoms with Crippen LogP contribution in [0.1, 0.15) is 195 Å². The summed E-state index contributed by atoms with van der Waals surface area (Å²) in [6.07, 6.45) is 37.5. The van der Waals surface area contributed by atoms with Crippen molar-refractivity contribution in [1.82, 2.24) is 5.32 Å². The molecule has 3 heteroatoms. The van der Waals surface area contributed by atoms with Crippen LogP contribution in [0.25, 0.3) is 0 Å². The fraction of sp³-hybridized carbons (Fsp3) is 1.00. The van der Waals surface area contributed by atoms with Crippen LogP contribution >= 0.6 is 0 Å². The highest BCUT2D eigenvalue weighted by Crippen LogP contribution is 2.68. The molecular formula is C43H82N2O. The molecule has 4 fully saturated rings. The van der Waals surface area contributed by atoms with Crippen molar-refractivity contribution in [3.8, 4) is 0 Å². The Balaban J connectivity index is 1.10. The predicted octanol–water partition coefficient (Wildman–Crippen LogP) is 11.9. The second-order valence-electron chi connectivity index (χ2n) is 17.7. The van der Waals surface area contributed by atoms with Gasteiger partial charge in [-0.05, 0) is 137 Å². The zero-order valence-corrected chi connectivity index (χ0v) is 31.7. The van der Waals surface area contributed by atoms with E-state index in [2.05, 4.69) is 33.0 Å². The average Bonchev–Trinajstić information content (AvgIpc) is 3.41. The molecule has 0 aromatic rings. The third kappa shape index (κ3) is 10.4. The number of fused-ring (bicyclic) bond motifs is 5. The molecule has 0 aromatic heterocycles. The number of hydrogen-bond donors (Lipinski definition) is 2. The normalized spacial score (nSPS) is 34.6. The third-order valence-electron chi connectivity index (χ3n) is 14.7. The monoisotopic (exact) mass is 643 g/mol. The standard InChI is InChI=1S/C43H82N2O/c1-5-6-7-8-9-10-11-12-13-14-15-16-17-20-31-45-32-21-23-35(2)37-25-26-38-41-39(27-29-43(37,38)4)42(3)28-19-18-24-36(42)34-40(41)46-33-22-30-44/h35-41,45H,5-34,44H2,1-4H3/t35-,36?,37?,38?,39?,40-,41?,42?,43?/m1/s1. The van der Waals surface area contributed by atoms with E-state index in [0.717, 1.165) is 55.1 Å². The van der Waals surface area contributed by atoms with Crippen molar-refractivity contribution in [2.45, 2.75) is 201 Å². The average molecular weight is 643 g/mol. The van der Waals surface area contributed by atoms with Crippen LogP contribution in [-0.2, 0) is 4.74 Å². The fourth-order valence-corrected chi connectivity index (χ4v) is 12.0. The number of hydrogen-bond acceptors (Lipinski definition) is 3. The van der Waals surface area contributed by atoms with Gasteiger partial charge in [-0.25, -0.2) is 0 Å². The Morgan fingerprint density at radius 2 is 1.33 bits per heavy atom. The first-order valence-corrected chi connectivity index (χ1v) is 21.5. The van der Waals surface area contributed by atoms with Crippen LogP contribution in [-0.4, -0.2) is 32.3 Å². The minimum atomic E-state index is 0.491. The van der Waals surface area contributed by atoms with Gasteiger partial charge < -0.3 is 15.8 Å². The van der Waals surface area contributed by atoms with Crippen molar-refractivity contribution in [2.75, 3.05) is 26.2 Å². The van der Waals surface area contributed by atoms with Crippen molar-refractivity contribution in [3.63, 3.8) is 0 Å². The zero-order valence-electron chi connectivity index (χ0n) is 31.7. The molecule has 0 saturated heterocycles. The van der Waals surface area contributed by atoms with Gasteiger partial charge >= 0.3 is 0 Å². The summed E-state index contributed by atoms with van der Waals surface area (Å²) in [5.74, 6) is 5.21. The largest absolute Gasteiger partial charge is 0.378 e. The van der Waals surface area contributed by atoms with Crippen LogP contribution in [0.2, 0.25) is 0 Å². The van der Waals surface area contributed by atoms with E-state index < -0.39 is 0 Å². The van der Waals surface area contributed by atoms with Crippen molar-refractivity contribution in [2.24, 2.45) is 52.1 Å². The summed E-state index contributed by atoms with van der Waals surface area (Å²) < 4.78 is 6.82. The van der Waals surface area contributed by atoms with Crippen molar-refractivity contribution in [1.29, 1.82) is 0 Å². The van der Waals surface area contributed by atoms with E-state index in [-0.39, 0.29) is 0 Å². The summed E-state index contributed by atoms with van der Waals surface area (Å²) in [5, 5.41) is 3.81. The molecule has 0 bridgehead atoms. The van der Waals surface area contributed by atoms with Gasteiger partial charge in [0.25, 0.3) is 0 Å². The Labute approximate surface area is 288 Å². The topological polar surface area (TPSA) is 47.3 Å². The number of nitrogens with two attached hydrogens (primary N) is 1. The molecule has 3 nitrogen and oxygen atoms in total. The minimum Gasteiger partial charge on any atom is -0.378 e. The van der Waals surface area contributed by atoms with E-state index in [1.807, 2.05) is 0 Å². The first-order chi connectivity index (χ1) is 22.5. The van der Waals surface area contributed by atoms with Gasteiger partial charge in [0.1, 0.15) is 0 Å². The molecule has 4 saturated carbocycles. The van der Waals surface area contributed by atoms with Gasteiger partial charge in [0.15, 0.2) is 0 Å². The van der Waals surface area contributed by atoms with Crippen LogP contribution < -0.4 is 11.1 Å². The Morgan fingerprint density at radius 3 is 2.00 bits per heavy atom. The van der Waals surface area contributed by atoms with E-state index in [1.54, 1.807) is 0 Å². The second-order valence-corrected chi connectivity index (χ2v) is 17.7. The lowest BCUT2D eigenvalue weighted by molar-refractivity contribution is -0.180. The Hall–Kier alpha value is -0.120. The molecule has 0 aliphatic heterocycles. The smallest absolute Gasteiger partial charge is 0.0611 e. The summed E-state index contributed by atoms with van der Waals surface area (Å²) in [4.78, 5) is 0. The first-order valence-electron chi connectivity index (χ1n) is 21.5. The molecule has 0 spiro atoms. The zero-order chi connectivity index (χ0) is 32.7. The Bertz CT molecular complexity index is 802. The molecule has 0 amide bonds. The van der Waals surface area contributed by atoms with Gasteiger partial charge in [-0.2, -0.15) is 0 Å². The number of nitrogens with one attached hydrogen (secondary N) is 1. The summed E-state index contributed by atoms with van der Waals surface area (Å²) >= 11 is 0. The molecule has 270 valence electrons. The van der Waals surface area contributed by atoms with Gasteiger partial charge in [0.05, 0.1) is 6.10 Å². The molecule has 0 radical (unpaired) electrons. The molecule has 3 N–H and O–H groups in total. The summed E-state index contributed by atoms with van der Waals surface area (Å²) in [6, 6.07) is 0. The van der Waals surface area contributed by atoms with Crippen molar-refractivity contribution < 1.29 is 4.74 Å². The van der Waals surface area contributed by atoms with E-state index in [1.165, 1.54) is 174 Å². The maximum absolute atomic E-state index is 6.82. The number of unbranched alkanes of at least 4 members (excludes halogenated alkanes) is 13. The van der Waals surface area contributed by atoms with E-state index >= 15 is 0 Å². The lowest BCUT2D eigenvalue weighted by Crippen LogP contribution is -2.58. The summed E-state index contributed by atoms with van der Waals surface area (Å²) in [7, 11) is 0. The molecule has 4 rings (SSSR count). The maximum Gasteiger partial charge on any atom is 0.0611 e. The molecule has 4 aliphatic carbocycles. The van der Waals surface area contributed by atoms with Crippen LogP contribution in [0.5, 0.6) is 0 Å². The molecular weight excluding hydrogens is 560 g/mol. The van der Waals surface area contributed by atoms with Gasteiger partial charge in [-0.15, -0.1) is 0 Å². The molecule has 46 heavy (non-hydrogen) atoms. The van der Waals surface area contributed by atoms with Crippen LogP contribution in [0.15, 0.2) is 0 Å². The maximum atomic E-state index is 6.82. The SMILES string of the molecule is CCCCCCCCCCCCCCCCNCCC[C@@H](C)C1CCC2C3C(CCC21C)C1(C)CCCCC1C[C@H]3OCCCN. The molecule has 7 unspecified atom stereocenters. The quantitative estimate of drug-likeness (QED) is 0.103. The number of ether oxygens (including phenoxy) is 1. The molecule has 4 aliphatic rings. The fourth-order valence-electron chi connectivity index (χ4n) is 12.0. The van der Waals surface area contributed by atoms with E-state index in [4.69, 9.17) is 10.5 Å². The van der Waals surface area contributed by atoms with Crippen LogP contribution in [0.3, 0.4) is 0 Å². The third-order valence-corrected chi connectivity index (χ3v) is 14.7. The summed E-state index contributed by atoms with van der Waals surface area (Å²) in [5.41, 5.74) is 6.99. The highest BCUT2D eigenvalue weighted by atomic mass is 16.5. The lowest BCUT2D eigenvalue weighted by Gasteiger charge is -2.62. The predicted molar refractivity (Wildman–Crippen MR) is 200 cm³/mol. The Kier molecular flexibility index (Phi) is 17.3. The second kappa shape index (κ2) is 20.5. The van der Waals surface area contributed by atoms with Crippen LogP contribution in [0.4, 0.5) is 0 Å². The highest BCUT2D eigenvalue weighted by molar-refractivity contribution is 5.11. The Morgan fingerprint density at radius 1 is 0.696 bits per heavy atom. The highest BCUT2D eigenvalue weighted by Gasteiger charge is 2.62. The van der Waals surface area contributed by atoms with Gasteiger partial charge in [0.2, 0.25) is 0 Å². The summed E-state index contributed by atoms with van der Waals surface area (Å²) in [6.45, 7) is 14.5. The molecule has 9 atom stereocenters. The lowest BCUT2D eigenvalue weighted by atomic mass is 9.44. The molecule has 0 aromatic carbocycles. The van der Waals surface area contributed by atoms with Crippen LogP contribution in [0, 0.1) is 46.3 Å². The van der Waals surface area contributed by atoms with Crippen molar-refractivity contribution >= 4 is 0 Å². The number of rotatable bonds is 24. The van der Waals surface area contributed by atoms with E-state index in [9.17, 15) is 0 Å². The first kappa shape index (κ1) is 38.7. The van der Waals surface area contributed by atoms with E-state index in [0.29, 0.717) is 16.9 Å². The van der Waals surface area contributed by atoms with Gasteiger partial charge in [0, 0.05) is 6.61 Å². The minimum absolute atomic E-state index is 0.491. The van der Waals surface area contributed by atoms with Gasteiger partial charge in [-0.3, -0.25) is 0 Å². The van der Waals surface area contributed by atoms with Crippen molar-refractivity contribution in [3.05, 3.63) is 0 Å². The van der Waals surface area contributed by atoms with Gasteiger partial charge in [-0.1, -0.05) is 124 Å².